The Balaban J connectivity index is 1.64. The Labute approximate surface area is 196 Å². The van der Waals surface area contributed by atoms with Crippen LogP contribution in [0.1, 0.15) is 42.6 Å². The fourth-order valence-corrected chi connectivity index (χ4v) is 7.31. The molecule has 0 N–H and O–H groups in total. The summed E-state index contributed by atoms with van der Waals surface area (Å²) < 4.78 is 52.0. The Morgan fingerprint density at radius 1 is 0.939 bits per heavy atom. The molecule has 0 bridgehead atoms. The van der Waals surface area contributed by atoms with Gasteiger partial charge in [0.15, 0.2) is 9.84 Å². The van der Waals surface area contributed by atoms with Crippen molar-refractivity contribution in [2.75, 3.05) is 30.8 Å². The van der Waals surface area contributed by atoms with Gasteiger partial charge < -0.3 is 4.90 Å². The van der Waals surface area contributed by atoms with Gasteiger partial charge in [-0.2, -0.15) is 4.31 Å². The van der Waals surface area contributed by atoms with Crippen LogP contribution in [0.4, 0.5) is 5.69 Å². The highest BCUT2D eigenvalue weighted by molar-refractivity contribution is 7.90. The molecule has 2 aromatic rings. The molecule has 1 saturated heterocycles. The van der Waals surface area contributed by atoms with Gasteiger partial charge in [0, 0.05) is 37.1 Å². The first kappa shape index (κ1) is 23.9. The van der Waals surface area contributed by atoms with Gasteiger partial charge in [-0.05, 0) is 73.1 Å². The second kappa shape index (κ2) is 8.85. The minimum Gasteiger partial charge on any atom is -0.308 e. The van der Waals surface area contributed by atoms with Crippen molar-refractivity contribution in [2.24, 2.45) is 11.8 Å². The number of amides is 1. The van der Waals surface area contributed by atoms with Crippen molar-refractivity contribution < 1.29 is 21.6 Å². The summed E-state index contributed by atoms with van der Waals surface area (Å²) in [4.78, 5) is 15.4. The Kier molecular flexibility index (Phi) is 6.41. The summed E-state index contributed by atoms with van der Waals surface area (Å²) in [5, 5.41) is 0. The molecule has 2 aromatic carbocycles. The van der Waals surface area contributed by atoms with E-state index in [-0.39, 0.29) is 27.5 Å². The van der Waals surface area contributed by atoms with E-state index in [1.165, 1.54) is 16.4 Å². The second-order valence-corrected chi connectivity index (χ2v) is 13.4. The van der Waals surface area contributed by atoms with E-state index in [4.69, 9.17) is 0 Å². The number of sulfone groups is 1. The van der Waals surface area contributed by atoms with Crippen LogP contribution in [0.5, 0.6) is 0 Å². The van der Waals surface area contributed by atoms with Gasteiger partial charge in [-0.15, -0.1) is 0 Å². The maximum Gasteiger partial charge on any atom is 0.258 e. The lowest BCUT2D eigenvalue weighted by molar-refractivity contribution is 0.0985. The molecular formula is C24H30N2O5S2. The fourth-order valence-electron chi connectivity index (χ4n) is 4.91. The number of rotatable bonds is 4. The predicted molar refractivity (Wildman–Crippen MR) is 128 cm³/mol. The number of carbonyl (C=O) groups excluding carboxylic acids is 1. The van der Waals surface area contributed by atoms with E-state index in [2.05, 4.69) is 13.8 Å². The number of anilines is 1. The summed E-state index contributed by atoms with van der Waals surface area (Å²) in [5.41, 5.74) is 1.78. The number of piperidine rings is 1. The van der Waals surface area contributed by atoms with Crippen molar-refractivity contribution in [1.29, 1.82) is 0 Å². The van der Waals surface area contributed by atoms with Crippen LogP contribution < -0.4 is 4.90 Å². The van der Waals surface area contributed by atoms with Crippen molar-refractivity contribution in [3.8, 4) is 0 Å². The van der Waals surface area contributed by atoms with E-state index in [0.717, 1.165) is 18.2 Å². The van der Waals surface area contributed by atoms with Gasteiger partial charge in [-0.1, -0.05) is 19.9 Å². The lowest BCUT2D eigenvalue weighted by Gasteiger charge is -2.34. The number of hydrogen-bond acceptors (Lipinski definition) is 5. The average molecular weight is 491 g/mol. The van der Waals surface area contributed by atoms with Gasteiger partial charge in [0.2, 0.25) is 10.0 Å². The van der Waals surface area contributed by atoms with Crippen LogP contribution in [0.2, 0.25) is 0 Å². The van der Waals surface area contributed by atoms with Crippen LogP contribution in [0, 0.1) is 11.8 Å². The molecule has 0 aliphatic carbocycles. The number of carbonyl (C=O) groups is 1. The number of sulfonamides is 1. The highest BCUT2D eigenvalue weighted by Crippen LogP contribution is 2.32. The highest BCUT2D eigenvalue weighted by atomic mass is 32.2. The third kappa shape index (κ3) is 4.85. The summed E-state index contributed by atoms with van der Waals surface area (Å²) >= 11 is 0. The Bertz CT molecular complexity index is 1280. The molecule has 2 heterocycles. The molecule has 1 amide bonds. The van der Waals surface area contributed by atoms with E-state index in [9.17, 15) is 21.6 Å². The first-order valence-corrected chi connectivity index (χ1v) is 14.5. The average Bonchev–Trinajstić information content (AvgIpc) is 2.76. The molecule has 2 aliphatic heterocycles. The number of hydrogen-bond donors (Lipinski definition) is 0. The zero-order valence-electron chi connectivity index (χ0n) is 19.2. The third-order valence-electron chi connectivity index (χ3n) is 6.40. The second-order valence-electron chi connectivity index (χ2n) is 9.42. The molecule has 33 heavy (non-hydrogen) atoms. The maximum atomic E-state index is 13.4. The standard InChI is InChI=1S/C24H30N2O5S2/c1-17-12-18(2)16-25(15-17)33(30,31)22-8-4-6-20(14-22)24(27)26-11-5-7-19-13-21(32(3,28)29)9-10-23(19)26/h4,6,8-10,13-14,17-18H,5,7,11-12,15-16H2,1-3H3. The number of aryl methyl sites for hydroxylation is 1. The van der Waals surface area contributed by atoms with Crippen molar-refractivity contribution in [3.63, 3.8) is 0 Å². The van der Waals surface area contributed by atoms with E-state index < -0.39 is 19.9 Å². The molecule has 0 aromatic heterocycles. The van der Waals surface area contributed by atoms with Crippen molar-refractivity contribution in [1.82, 2.24) is 4.31 Å². The number of fused-ring (bicyclic) bond motifs is 1. The summed E-state index contributed by atoms with van der Waals surface area (Å²) in [6.07, 6.45) is 3.55. The van der Waals surface area contributed by atoms with Crippen molar-refractivity contribution >= 4 is 31.5 Å². The molecule has 9 heteroatoms. The minimum atomic E-state index is -3.70. The molecule has 0 radical (unpaired) electrons. The first-order valence-electron chi connectivity index (χ1n) is 11.2. The summed E-state index contributed by atoms with van der Waals surface area (Å²) in [6, 6.07) is 11.0. The minimum absolute atomic E-state index is 0.124. The van der Waals surface area contributed by atoms with Gasteiger partial charge >= 0.3 is 0 Å². The Morgan fingerprint density at radius 2 is 1.64 bits per heavy atom. The molecule has 0 saturated carbocycles. The van der Waals surface area contributed by atoms with E-state index >= 15 is 0 Å². The first-order chi connectivity index (χ1) is 15.5. The van der Waals surface area contributed by atoms with Gasteiger partial charge in [-0.3, -0.25) is 4.79 Å². The summed E-state index contributed by atoms with van der Waals surface area (Å²) in [7, 11) is -7.04. The quantitative estimate of drug-likeness (QED) is 0.655. The SMILES string of the molecule is CC1CC(C)CN(S(=O)(=O)c2cccc(C(=O)N3CCCc4cc(S(C)(=O)=O)ccc43)c2)C1. The molecule has 2 unspecified atom stereocenters. The van der Waals surface area contributed by atoms with E-state index in [0.29, 0.717) is 43.7 Å². The van der Waals surface area contributed by atoms with Crippen molar-refractivity contribution in [3.05, 3.63) is 53.6 Å². The normalized spacial score (nSPS) is 22.1. The van der Waals surface area contributed by atoms with E-state index in [1.54, 1.807) is 35.2 Å². The van der Waals surface area contributed by atoms with Crippen LogP contribution >= 0.6 is 0 Å². The predicted octanol–water partition coefficient (Wildman–Crippen LogP) is 3.35. The van der Waals surface area contributed by atoms with Crippen LogP contribution in [0.25, 0.3) is 0 Å². The molecule has 4 rings (SSSR count). The van der Waals surface area contributed by atoms with Crippen molar-refractivity contribution in [2.45, 2.75) is 42.9 Å². The lowest BCUT2D eigenvalue weighted by Crippen LogP contribution is -2.42. The number of nitrogens with zero attached hydrogens (tertiary/aromatic N) is 2. The largest absolute Gasteiger partial charge is 0.308 e. The zero-order valence-corrected chi connectivity index (χ0v) is 20.8. The molecule has 0 spiro atoms. The molecular weight excluding hydrogens is 460 g/mol. The smallest absolute Gasteiger partial charge is 0.258 e. The Morgan fingerprint density at radius 3 is 2.30 bits per heavy atom. The molecule has 2 atom stereocenters. The molecule has 7 nitrogen and oxygen atoms in total. The van der Waals surface area contributed by atoms with Crippen LogP contribution in [-0.4, -0.2) is 52.9 Å². The zero-order chi connectivity index (χ0) is 24.0. The lowest BCUT2D eigenvalue weighted by atomic mass is 9.94. The maximum absolute atomic E-state index is 13.4. The van der Waals surface area contributed by atoms with Gasteiger partial charge in [0.25, 0.3) is 5.91 Å². The highest BCUT2D eigenvalue weighted by Gasteiger charge is 2.32. The summed E-state index contributed by atoms with van der Waals surface area (Å²) in [5.74, 6) is 0.283. The fraction of sp³-hybridized carbons (Fsp3) is 0.458. The van der Waals surface area contributed by atoms with Crippen LogP contribution in [0.15, 0.2) is 52.3 Å². The van der Waals surface area contributed by atoms with Crippen LogP contribution in [0.3, 0.4) is 0 Å². The van der Waals surface area contributed by atoms with E-state index in [1.807, 2.05) is 0 Å². The van der Waals surface area contributed by atoms with Gasteiger partial charge in [0.05, 0.1) is 9.79 Å². The molecule has 1 fully saturated rings. The van der Waals surface area contributed by atoms with Gasteiger partial charge in [0.1, 0.15) is 0 Å². The molecule has 2 aliphatic rings. The Hall–Kier alpha value is -2.23. The topological polar surface area (TPSA) is 91.8 Å². The van der Waals surface area contributed by atoms with Crippen LogP contribution in [-0.2, 0) is 26.3 Å². The summed E-state index contributed by atoms with van der Waals surface area (Å²) in [6.45, 7) is 5.56. The van der Waals surface area contributed by atoms with Gasteiger partial charge in [-0.25, -0.2) is 16.8 Å². The monoisotopic (exact) mass is 490 g/mol. The number of benzene rings is 2. The molecule has 178 valence electrons. The third-order valence-corrected chi connectivity index (χ3v) is 9.33.